The molecule has 4 rings (SSSR count). The van der Waals surface area contributed by atoms with Crippen molar-refractivity contribution in [3.63, 3.8) is 0 Å². The van der Waals surface area contributed by atoms with E-state index in [0.29, 0.717) is 10.6 Å². The molecule has 6 heteroatoms. The van der Waals surface area contributed by atoms with Crippen LogP contribution in [0.25, 0.3) is 11.1 Å². The molecule has 1 spiro atoms. The molecule has 4 nitrogen and oxygen atoms in total. The van der Waals surface area contributed by atoms with Crippen molar-refractivity contribution < 1.29 is 13.2 Å². The molecular weight excluding hydrogens is 430 g/mol. The highest BCUT2D eigenvalue weighted by Crippen LogP contribution is 2.42. The molecule has 0 unspecified atom stereocenters. The predicted octanol–water partition coefficient (Wildman–Crippen LogP) is 5.51. The lowest BCUT2D eigenvalue weighted by molar-refractivity contribution is -0.0355. The second kappa shape index (κ2) is 8.09. The molecule has 2 aromatic rings. The van der Waals surface area contributed by atoms with Gasteiger partial charge in [-0.15, -0.1) is 0 Å². The van der Waals surface area contributed by atoms with Gasteiger partial charge in [0.15, 0.2) is 9.84 Å². The van der Waals surface area contributed by atoms with E-state index >= 15 is 0 Å². The minimum Gasteiger partial charge on any atom is -0.487 e. The van der Waals surface area contributed by atoms with Crippen molar-refractivity contribution in [3.05, 3.63) is 52.5 Å². The van der Waals surface area contributed by atoms with E-state index in [0.717, 1.165) is 55.6 Å². The van der Waals surface area contributed by atoms with E-state index in [1.807, 2.05) is 18.2 Å². The molecule has 0 radical (unpaired) electrons. The van der Waals surface area contributed by atoms with E-state index < -0.39 is 9.84 Å². The molecule has 2 aliphatic rings. The third kappa shape index (κ3) is 5.10. The molecule has 0 aromatic heterocycles. The predicted molar refractivity (Wildman–Crippen MR) is 128 cm³/mol. The Morgan fingerprint density at radius 3 is 2.29 bits per heavy atom. The summed E-state index contributed by atoms with van der Waals surface area (Å²) >= 11 is 6.38. The smallest absolute Gasteiger partial charge is 0.151 e. The number of benzene rings is 2. The van der Waals surface area contributed by atoms with Gasteiger partial charge in [0.1, 0.15) is 11.4 Å². The number of sulfone groups is 1. The van der Waals surface area contributed by atoms with Gasteiger partial charge in [-0.05, 0) is 86.9 Å². The van der Waals surface area contributed by atoms with Gasteiger partial charge in [-0.3, -0.25) is 4.90 Å². The summed E-state index contributed by atoms with van der Waals surface area (Å²) in [6, 6.07) is 12.0. The molecular formula is C25H32ClNO3S. The summed E-state index contributed by atoms with van der Waals surface area (Å²) in [4.78, 5) is 2.55. The molecule has 0 bridgehead atoms. The van der Waals surface area contributed by atoms with Crippen LogP contribution in [-0.2, 0) is 22.0 Å². The fourth-order valence-electron chi connectivity index (χ4n) is 4.76. The zero-order valence-corrected chi connectivity index (χ0v) is 20.4. The Balaban J connectivity index is 1.51. The van der Waals surface area contributed by atoms with Crippen molar-refractivity contribution in [2.24, 2.45) is 0 Å². The number of ether oxygens (including phenoxy) is 1. The van der Waals surface area contributed by atoms with E-state index in [4.69, 9.17) is 16.3 Å². The Morgan fingerprint density at radius 1 is 1.03 bits per heavy atom. The Kier molecular flexibility index (Phi) is 5.91. The monoisotopic (exact) mass is 461 g/mol. The van der Waals surface area contributed by atoms with Crippen molar-refractivity contribution in [1.82, 2.24) is 4.90 Å². The topological polar surface area (TPSA) is 46.6 Å². The van der Waals surface area contributed by atoms with E-state index in [1.54, 1.807) is 0 Å². The first-order valence-electron chi connectivity index (χ1n) is 11.0. The average molecular weight is 462 g/mol. The van der Waals surface area contributed by atoms with Crippen LogP contribution in [0.2, 0.25) is 5.02 Å². The number of piperidine rings is 1. The third-order valence-corrected chi connectivity index (χ3v) is 7.85. The molecule has 1 fully saturated rings. The number of likely N-dealkylation sites (tertiary alicyclic amines) is 1. The van der Waals surface area contributed by atoms with Gasteiger partial charge in [-0.25, -0.2) is 8.42 Å². The molecule has 0 amide bonds. The molecule has 2 aromatic carbocycles. The lowest BCUT2D eigenvalue weighted by atomic mass is 9.81. The average Bonchev–Trinajstić information content (AvgIpc) is 2.68. The molecule has 0 saturated carbocycles. The van der Waals surface area contributed by atoms with Gasteiger partial charge in [0, 0.05) is 29.9 Å². The molecule has 31 heavy (non-hydrogen) atoms. The van der Waals surface area contributed by atoms with Crippen LogP contribution < -0.4 is 4.74 Å². The lowest BCUT2D eigenvalue weighted by Crippen LogP contribution is -2.54. The first-order valence-corrected chi connectivity index (χ1v) is 13.4. The number of hydrogen-bond acceptors (Lipinski definition) is 4. The zero-order chi connectivity index (χ0) is 22.4. The highest BCUT2D eigenvalue weighted by atomic mass is 35.5. The van der Waals surface area contributed by atoms with Gasteiger partial charge >= 0.3 is 0 Å². The highest BCUT2D eigenvalue weighted by molar-refractivity contribution is 7.89. The molecule has 1 saturated heterocycles. The number of rotatable bonds is 3. The molecule has 0 N–H and O–H groups in total. The summed E-state index contributed by atoms with van der Waals surface area (Å²) in [5, 5.41) is 0.487. The second-order valence-electron chi connectivity index (χ2n) is 10.1. The summed E-state index contributed by atoms with van der Waals surface area (Å²) in [6.07, 6.45) is 5.43. The van der Waals surface area contributed by atoms with Crippen LogP contribution in [0.4, 0.5) is 0 Å². The summed E-state index contributed by atoms with van der Waals surface area (Å²) in [7, 11) is -3.12. The standard InChI is InChI=1S/C25H32ClNO3S/c1-24(2,3)27-13-11-25(12-14-27)10-9-20-15-18(7-8-23(20)30-25)19-5-6-21(22(26)16-19)17-31(4,28)29/h5-8,15-16H,9-14,17H2,1-4H3. The van der Waals surface area contributed by atoms with Crippen molar-refractivity contribution in [2.75, 3.05) is 19.3 Å². The number of aryl methyl sites for hydroxylation is 1. The minimum absolute atomic E-state index is 0.0349. The fourth-order valence-corrected chi connectivity index (χ4v) is 5.91. The Bertz CT molecular complexity index is 1080. The van der Waals surface area contributed by atoms with Crippen LogP contribution in [0, 0.1) is 0 Å². The quantitative estimate of drug-likeness (QED) is 0.604. The summed E-state index contributed by atoms with van der Waals surface area (Å²) in [5.74, 6) is 0.956. The van der Waals surface area contributed by atoms with E-state index in [9.17, 15) is 8.42 Å². The van der Waals surface area contributed by atoms with Crippen LogP contribution in [0.1, 0.15) is 51.2 Å². The second-order valence-corrected chi connectivity index (χ2v) is 12.7. The van der Waals surface area contributed by atoms with Gasteiger partial charge in [-0.1, -0.05) is 29.8 Å². The Hall–Kier alpha value is -1.56. The van der Waals surface area contributed by atoms with E-state index in [2.05, 4.69) is 43.9 Å². The van der Waals surface area contributed by atoms with E-state index in [1.165, 1.54) is 11.8 Å². The number of fused-ring (bicyclic) bond motifs is 1. The van der Waals surface area contributed by atoms with Crippen LogP contribution in [-0.4, -0.2) is 43.8 Å². The summed E-state index contributed by atoms with van der Waals surface area (Å²) < 4.78 is 29.8. The Morgan fingerprint density at radius 2 is 1.68 bits per heavy atom. The van der Waals surface area contributed by atoms with Crippen molar-refractivity contribution in [3.8, 4) is 16.9 Å². The first-order chi connectivity index (χ1) is 14.4. The van der Waals surface area contributed by atoms with Gasteiger partial charge < -0.3 is 4.74 Å². The maximum Gasteiger partial charge on any atom is 0.151 e. The number of nitrogens with zero attached hydrogens (tertiary/aromatic N) is 1. The van der Waals surface area contributed by atoms with Gasteiger partial charge in [0.05, 0.1) is 5.75 Å². The van der Waals surface area contributed by atoms with Crippen LogP contribution in [0.3, 0.4) is 0 Å². The summed E-state index contributed by atoms with van der Waals surface area (Å²) in [6.45, 7) is 9.00. The fraction of sp³-hybridized carbons (Fsp3) is 0.520. The summed E-state index contributed by atoms with van der Waals surface area (Å²) in [5.41, 5.74) is 4.11. The van der Waals surface area contributed by atoms with Crippen molar-refractivity contribution >= 4 is 21.4 Å². The Labute approximate surface area is 191 Å². The third-order valence-electron chi connectivity index (χ3n) is 6.66. The molecule has 0 aliphatic carbocycles. The largest absolute Gasteiger partial charge is 0.487 e. The zero-order valence-electron chi connectivity index (χ0n) is 18.9. The number of halogens is 1. The van der Waals surface area contributed by atoms with Gasteiger partial charge in [-0.2, -0.15) is 0 Å². The highest BCUT2D eigenvalue weighted by Gasteiger charge is 2.41. The molecule has 0 atom stereocenters. The van der Waals surface area contributed by atoms with Crippen LogP contribution in [0.15, 0.2) is 36.4 Å². The molecule has 2 aliphatic heterocycles. The van der Waals surface area contributed by atoms with E-state index in [-0.39, 0.29) is 16.9 Å². The first kappa shape index (κ1) is 22.6. The van der Waals surface area contributed by atoms with Crippen molar-refractivity contribution in [2.45, 2.75) is 63.3 Å². The van der Waals surface area contributed by atoms with Crippen LogP contribution in [0.5, 0.6) is 5.75 Å². The maximum absolute atomic E-state index is 11.6. The van der Waals surface area contributed by atoms with Crippen LogP contribution >= 0.6 is 11.6 Å². The minimum atomic E-state index is -3.12. The van der Waals surface area contributed by atoms with Gasteiger partial charge in [0.2, 0.25) is 0 Å². The molecule has 168 valence electrons. The van der Waals surface area contributed by atoms with Crippen molar-refractivity contribution in [1.29, 1.82) is 0 Å². The maximum atomic E-state index is 11.6. The number of hydrogen-bond donors (Lipinski definition) is 0. The SMILES string of the molecule is CC(C)(C)N1CCC2(CCc3cc(-c4ccc(CS(C)(=O)=O)c(Cl)c4)ccc3O2)CC1. The van der Waals surface area contributed by atoms with Gasteiger partial charge in [0.25, 0.3) is 0 Å². The molecule has 2 heterocycles. The lowest BCUT2D eigenvalue weighted by Gasteiger charge is -2.48. The normalized spacial score (nSPS) is 19.1.